The van der Waals surface area contributed by atoms with E-state index in [0.717, 1.165) is 0 Å². The average Bonchev–Trinajstić information content (AvgIpc) is 2.75. The molecule has 12 heteroatoms. The van der Waals surface area contributed by atoms with Crippen molar-refractivity contribution in [3.05, 3.63) is 0 Å². The summed E-state index contributed by atoms with van der Waals surface area (Å²) in [6, 6.07) is -0.876. The summed E-state index contributed by atoms with van der Waals surface area (Å²) >= 11 is 0. The van der Waals surface area contributed by atoms with Gasteiger partial charge in [0.15, 0.2) is 18.7 Å². The van der Waals surface area contributed by atoms with Crippen LogP contribution in [0.25, 0.3) is 0 Å². The zero-order valence-corrected chi connectivity index (χ0v) is 17.7. The molecule has 0 aromatic heterocycles. The molecular weight excluding hydrogens is 416 g/mol. The zero-order valence-electron chi connectivity index (χ0n) is 17.7. The summed E-state index contributed by atoms with van der Waals surface area (Å²) in [5, 5.41) is 43.9. The second kappa shape index (κ2) is 12.0. The minimum Gasteiger partial charge on any atom is -0.479 e. The van der Waals surface area contributed by atoms with Crippen LogP contribution in [0.2, 0.25) is 0 Å². The Balaban J connectivity index is 2.25. The Morgan fingerprint density at radius 2 is 1.87 bits per heavy atom. The van der Waals surface area contributed by atoms with Crippen molar-refractivity contribution in [3.63, 3.8) is 0 Å². The second-order valence-corrected chi connectivity index (χ2v) is 7.39. The van der Waals surface area contributed by atoms with Crippen molar-refractivity contribution in [2.45, 2.75) is 69.1 Å². The Morgan fingerprint density at radius 3 is 2.45 bits per heavy atom. The monoisotopic (exact) mass is 448 g/mol. The Hall–Kier alpha value is -1.37. The van der Waals surface area contributed by atoms with E-state index in [1.165, 1.54) is 14.0 Å². The molecule has 0 aromatic rings. The van der Waals surface area contributed by atoms with Crippen molar-refractivity contribution < 1.29 is 49.0 Å². The molecule has 2 fully saturated rings. The second-order valence-electron chi connectivity index (χ2n) is 7.39. The number of carboxylic acid groups (broad SMARTS) is 1. The van der Waals surface area contributed by atoms with E-state index in [9.17, 15) is 25.2 Å². The fourth-order valence-electron chi connectivity index (χ4n) is 3.59. The van der Waals surface area contributed by atoms with Gasteiger partial charge in [0, 0.05) is 19.6 Å². The molecule has 31 heavy (non-hydrogen) atoms. The number of hydrogen-bond donors (Lipinski definition) is 6. The molecule has 12 nitrogen and oxygen atoms in total. The number of methoxy groups -OCH3 is 1. The van der Waals surface area contributed by atoms with Crippen molar-refractivity contribution in [1.82, 2.24) is 10.8 Å². The predicted molar refractivity (Wildman–Crippen MR) is 104 cm³/mol. The molecular formula is C19H32N2O10. The number of aliphatic hydroxyl groups is 3. The van der Waals surface area contributed by atoms with Crippen LogP contribution in [0.3, 0.4) is 0 Å². The molecule has 178 valence electrons. The fourth-order valence-corrected chi connectivity index (χ4v) is 3.59. The van der Waals surface area contributed by atoms with Gasteiger partial charge in [-0.1, -0.05) is 12.8 Å². The Labute approximate surface area is 180 Å². The maximum atomic E-state index is 11.5. The highest BCUT2D eigenvalue weighted by Crippen LogP contribution is 2.31. The Bertz CT molecular complexity index is 617. The normalized spacial score (nSPS) is 40.9. The molecule has 0 radical (unpaired) electrons. The maximum Gasteiger partial charge on any atom is 0.333 e. The Kier molecular flexibility index (Phi) is 10.0. The third kappa shape index (κ3) is 6.11. The van der Waals surface area contributed by atoms with Gasteiger partial charge in [-0.3, -0.25) is 0 Å². The summed E-state index contributed by atoms with van der Waals surface area (Å²) in [7, 11) is 1.39. The highest BCUT2D eigenvalue weighted by atomic mass is 16.7. The first-order valence-electron chi connectivity index (χ1n) is 10.0. The molecule has 10 atom stereocenters. The molecule has 0 amide bonds. The highest BCUT2D eigenvalue weighted by Gasteiger charge is 2.51. The fraction of sp³-hybridized carbons (Fsp3) is 0.842. The van der Waals surface area contributed by atoms with Gasteiger partial charge in [-0.15, -0.1) is 6.42 Å². The van der Waals surface area contributed by atoms with Gasteiger partial charge in [0.05, 0.1) is 19.3 Å². The summed E-state index contributed by atoms with van der Waals surface area (Å²) in [6.07, 6.45) is -4.83. The Morgan fingerprint density at radius 1 is 1.16 bits per heavy atom. The number of hydrogen-bond acceptors (Lipinski definition) is 11. The average molecular weight is 448 g/mol. The van der Waals surface area contributed by atoms with E-state index >= 15 is 0 Å². The van der Waals surface area contributed by atoms with Crippen molar-refractivity contribution in [1.29, 1.82) is 0 Å². The quantitative estimate of drug-likeness (QED) is 0.117. The molecule has 2 heterocycles. The maximum absolute atomic E-state index is 11.5. The highest BCUT2D eigenvalue weighted by molar-refractivity contribution is 5.73. The lowest BCUT2D eigenvalue weighted by Crippen LogP contribution is -2.67. The SMILES string of the molecule is C#CCNCC1OC(OC)C(NOCC)C(OC2OC(C(=O)O)C(C)C(O)C2O)C1O. The predicted octanol–water partition coefficient (Wildman–Crippen LogP) is -2.60. The number of nitrogens with one attached hydrogen (secondary N) is 2. The van der Waals surface area contributed by atoms with Crippen LogP contribution < -0.4 is 10.8 Å². The lowest BCUT2D eigenvalue weighted by atomic mass is 9.90. The van der Waals surface area contributed by atoms with Crippen LogP contribution in [0.1, 0.15) is 13.8 Å². The number of aliphatic carboxylic acids is 1. The van der Waals surface area contributed by atoms with Gasteiger partial charge in [0.2, 0.25) is 0 Å². The van der Waals surface area contributed by atoms with Crippen LogP contribution in [0.4, 0.5) is 0 Å². The zero-order chi connectivity index (χ0) is 23.1. The van der Waals surface area contributed by atoms with Crippen molar-refractivity contribution in [2.75, 3.05) is 26.8 Å². The molecule has 6 N–H and O–H groups in total. The summed E-state index contributed by atoms with van der Waals surface area (Å²) in [6.45, 7) is 3.87. The molecule has 2 aliphatic heterocycles. The van der Waals surface area contributed by atoms with Gasteiger partial charge in [0.1, 0.15) is 30.5 Å². The van der Waals surface area contributed by atoms with E-state index in [1.807, 2.05) is 0 Å². The topological polar surface area (TPSA) is 168 Å². The van der Waals surface area contributed by atoms with Crippen molar-refractivity contribution >= 4 is 5.97 Å². The molecule has 2 aliphatic rings. The largest absolute Gasteiger partial charge is 0.479 e. The minimum atomic E-state index is -1.55. The van der Waals surface area contributed by atoms with Crippen LogP contribution in [-0.4, -0.2) is 108 Å². The molecule has 0 saturated carbocycles. The molecule has 10 unspecified atom stereocenters. The third-order valence-electron chi connectivity index (χ3n) is 5.30. The number of hydroxylamine groups is 1. The number of terminal acetylenes is 1. The van der Waals surface area contributed by atoms with Crippen LogP contribution in [0.5, 0.6) is 0 Å². The summed E-state index contributed by atoms with van der Waals surface area (Å²) in [4.78, 5) is 16.7. The van der Waals surface area contributed by atoms with Crippen LogP contribution in [0, 0.1) is 18.3 Å². The van der Waals surface area contributed by atoms with E-state index in [1.54, 1.807) is 6.92 Å². The number of aliphatic hydroxyl groups excluding tert-OH is 3. The van der Waals surface area contributed by atoms with Crippen LogP contribution >= 0.6 is 0 Å². The van der Waals surface area contributed by atoms with Gasteiger partial charge in [0.25, 0.3) is 0 Å². The van der Waals surface area contributed by atoms with E-state index < -0.39 is 67.1 Å². The van der Waals surface area contributed by atoms with Gasteiger partial charge in [-0.25, -0.2) is 4.79 Å². The third-order valence-corrected chi connectivity index (χ3v) is 5.30. The first kappa shape index (κ1) is 25.9. The van der Waals surface area contributed by atoms with E-state index in [4.69, 9.17) is 30.2 Å². The van der Waals surface area contributed by atoms with E-state index in [-0.39, 0.29) is 19.7 Å². The number of rotatable bonds is 10. The number of carboxylic acids is 1. The molecule has 2 saturated heterocycles. The lowest BCUT2D eigenvalue weighted by Gasteiger charge is -2.47. The standard InChI is InChI=1S/C19H32N2O10/c1-5-7-20-8-10-13(23)16(11(21-28-6-2)18(27-4)29-10)31-19-14(24)12(22)9(3)15(30-19)17(25)26/h1,9-16,18-24H,6-8H2,2-4H3,(H,25,26). The van der Waals surface area contributed by atoms with Gasteiger partial charge < -0.3 is 49.5 Å². The minimum absolute atomic E-state index is 0.165. The molecule has 0 aromatic carbocycles. The summed E-state index contributed by atoms with van der Waals surface area (Å²) in [5.74, 6) is 0.223. The van der Waals surface area contributed by atoms with E-state index in [0.29, 0.717) is 0 Å². The first-order chi connectivity index (χ1) is 14.8. The number of ether oxygens (including phenoxy) is 4. The van der Waals surface area contributed by atoms with Crippen molar-refractivity contribution in [3.8, 4) is 12.3 Å². The molecule has 0 aliphatic carbocycles. The summed E-state index contributed by atoms with van der Waals surface area (Å²) in [5.41, 5.74) is 2.70. The first-order valence-corrected chi connectivity index (χ1v) is 10.0. The van der Waals surface area contributed by atoms with E-state index in [2.05, 4.69) is 16.7 Å². The smallest absolute Gasteiger partial charge is 0.333 e. The molecule has 0 spiro atoms. The number of carbonyl (C=O) groups is 1. The molecule has 0 bridgehead atoms. The van der Waals surface area contributed by atoms with Crippen LogP contribution in [-0.2, 0) is 28.6 Å². The molecule has 2 rings (SSSR count). The van der Waals surface area contributed by atoms with Gasteiger partial charge in [-0.2, -0.15) is 5.48 Å². The summed E-state index contributed by atoms with van der Waals surface area (Å²) < 4.78 is 22.4. The van der Waals surface area contributed by atoms with Crippen molar-refractivity contribution in [2.24, 2.45) is 5.92 Å². The van der Waals surface area contributed by atoms with Gasteiger partial charge in [-0.05, 0) is 6.92 Å². The van der Waals surface area contributed by atoms with Gasteiger partial charge >= 0.3 is 5.97 Å². The lowest BCUT2D eigenvalue weighted by molar-refractivity contribution is -0.337. The van der Waals surface area contributed by atoms with Crippen LogP contribution in [0.15, 0.2) is 0 Å².